The number of amides is 2. The molecular weight excluding hydrogens is 291 g/mol. The molecule has 2 amide bonds. The lowest BCUT2D eigenvalue weighted by Gasteiger charge is -2.15. The summed E-state index contributed by atoms with van der Waals surface area (Å²) in [5, 5.41) is 5.82. The molecule has 0 spiro atoms. The number of rotatable bonds is 4. The van der Waals surface area contributed by atoms with Crippen LogP contribution in [0.2, 0.25) is 0 Å². The van der Waals surface area contributed by atoms with Crippen LogP contribution in [0.3, 0.4) is 0 Å². The molecule has 120 valence electrons. The molecule has 0 bridgehead atoms. The van der Waals surface area contributed by atoms with Crippen LogP contribution in [0.4, 0.5) is 9.18 Å². The third-order valence-electron chi connectivity index (χ3n) is 4.31. The number of benzene rings is 2. The highest BCUT2D eigenvalue weighted by Crippen LogP contribution is 2.31. The minimum absolute atomic E-state index is 0.0972. The smallest absolute Gasteiger partial charge is 0.315 e. The molecule has 2 aromatic rings. The van der Waals surface area contributed by atoms with Gasteiger partial charge in [0, 0.05) is 6.54 Å². The van der Waals surface area contributed by atoms with Gasteiger partial charge in [-0.05, 0) is 55.0 Å². The van der Waals surface area contributed by atoms with E-state index < -0.39 is 0 Å². The van der Waals surface area contributed by atoms with E-state index in [9.17, 15) is 9.18 Å². The highest BCUT2D eigenvalue weighted by Gasteiger charge is 2.24. The van der Waals surface area contributed by atoms with E-state index in [1.807, 2.05) is 6.07 Å². The highest BCUT2D eigenvalue weighted by atomic mass is 19.1. The molecule has 0 aliphatic heterocycles. The first-order chi connectivity index (χ1) is 11.1. The third kappa shape index (κ3) is 3.89. The molecule has 3 nitrogen and oxygen atoms in total. The summed E-state index contributed by atoms with van der Waals surface area (Å²) in [6.45, 7) is 2.63. The molecule has 0 heterocycles. The predicted molar refractivity (Wildman–Crippen MR) is 88.9 cm³/mol. The van der Waals surface area contributed by atoms with Gasteiger partial charge in [-0.15, -0.1) is 0 Å². The standard InChI is InChI=1S/C19H21FN2O/c1-13-2-4-14(5-3-13)10-11-21-19(23)22-18-9-7-15-6-8-16(20)12-17(15)18/h2-6,8,12,18H,7,9-11H2,1H3,(H2,21,22,23). The van der Waals surface area contributed by atoms with Gasteiger partial charge in [-0.3, -0.25) is 0 Å². The van der Waals surface area contributed by atoms with Crippen LogP contribution < -0.4 is 10.6 Å². The topological polar surface area (TPSA) is 41.1 Å². The zero-order valence-corrected chi connectivity index (χ0v) is 13.2. The Morgan fingerprint density at radius 3 is 2.78 bits per heavy atom. The molecule has 0 fully saturated rings. The molecule has 1 aliphatic carbocycles. The number of aryl methyl sites for hydroxylation is 2. The molecule has 0 radical (unpaired) electrons. The largest absolute Gasteiger partial charge is 0.338 e. The van der Waals surface area contributed by atoms with E-state index in [2.05, 4.69) is 41.8 Å². The number of urea groups is 1. The fourth-order valence-corrected chi connectivity index (χ4v) is 3.01. The van der Waals surface area contributed by atoms with Crippen molar-refractivity contribution in [3.05, 3.63) is 70.5 Å². The van der Waals surface area contributed by atoms with Crippen molar-refractivity contribution in [2.75, 3.05) is 6.54 Å². The van der Waals surface area contributed by atoms with Crippen LogP contribution in [0, 0.1) is 12.7 Å². The first-order valence-corrected chi connectivity index (χ1v) is 8.00. The molecule has 0 aromatic heterocycles. The van der Waals surface area contributed by atoms with E-state index in [-0.39, 0.29) is 17.9 Å². The fourth-order valence-electron chi connectivity index (χ4n) is 3.01. The molecule has 2 aromatic carbocycles. The van der Waals surface area contributed by atoms with E-state index in [1.54, 1.807) is 0 Å². The third-order valence-corrected chi connectivity index (χ3v) is 4.31. The Hall–Kier alpha value is -2.36. The number of halogens is 1. The maximum atomic E-state index is 13.4. The van der Waals surface area contributed by atoms with Gasteiger partial charge in [-0.25, -0.2) is 9.18 Å². The van der Waals surface area contributed by atoms with Gasteiger partial charge in [0.2, 0.25) is 0 Å². The van der Waals surface area contributed by atoms with E-state index in [0.29, 0.717) is 6.54 Å². The number of carbonyl (C=O) groups is 1. The molecule has 1 atom stereocenters. The highest BCUT2D eigenvalue weighted by molar-refractivity contribution is 5.74. The molecule has 1 aliphatic rings. The quantitative estimate of drug-likeness (QED) is 0.889. The van der Waals surface area contributed by atoms with E-state index >= 15 is 0 Å². The molecule has 0 saturated heterocycles. The summed E-state index contributed by atoms with van der Waals surface area (Å²) in [6.07, 6.45) is 2.50. The van der Waals surface area contributed by atoms with Crippen molar-refractivity contribution in [2.45, 2.75) is 32.2 Å². The van der Waals surface area contributed by atoms with Gasteiger partial charge in [-0.1, -0.05) is 35.9 Å². The van der Waals surface area contributed by atoms with Crippen molar-refractivity contribution in [1.82, 2.24) is 10.6 Å². The molecule has 23 heavy (non-hydrogen) atoms. The minimum atomic E-state index is -0.253. The SMILES string of the molecule is Cc1ccc(CCNC(=O)NC2CCc3ccc(F)cc32)cc1. The lowest BCUT2D eigenvalue weighted by molar-refractivity contribution is 0.237. The van der Waals surface area contributed by atoms with Gasteiger partial charge in [0.05, 0.1) is 6.04 Å². The summed E-state index contributed by atoms with van der Waals surface area (Å²) in [4.78, 5) is 12.0. The Bertz CT molecular complexity index is 697. The number of hydrogen-bond donors (Lipinski definition) is 2. The van der Waals surface area contributed by atoms with Crippen LogP contribution in [0.25, 0.3) is 0 Å². The normalized spacial score (nSPS) is 16.0. The average Bonchev–Trinajstić information content (AvgIpc) is 2.91. The number of nitrogens with one attached hydrogen (secondary N) is 2. The maximum absolute atomic E-state index is 13.4. The van der Waals surface area contributed by atoms with Crippen molar-refractivity contribution >= 4 is 6.03 Å². The maximum Gasteiger partial charge on any atom is 0.315 e. The second-order valence-corrected chi connectivity index (χ2v) is 6.07. The van der Waals surface area contributed by atoms with Crippen molar-refractivity contribution in [1.29, 1.82) is 0 Å². The second-order valence-electron chi connectivity index (χ2n) is 6.07. The van der Waals surface area contributed by atoms with Crippen molar-refractivity contribution in [3.8, 4) is 0 Å². The Morgan fingerprint density at radius 2 is 2.00 bits per heavy atom. The number of carbonyl (C=O) groups excluding carboxylic acids is 1. The summed E-state index contributed by atoms with van der Waals surface area (Å²) < 4.78 is 13.4. The summed E-state index contributed by atoms with van der Waals surface area (Å²) >= 11 is 0. The molecule has 3 rings (SSSR count). The summed E-state index contributed by atoms with van der Waals surface area (Å²) in [7, 11) is 0. The van der Waals surface area contributed by atoms with Crippen LogP contribution in [0.5, 0.6) is 0 Å². The van der Waals surface area contributed by atoms with Gasteiger partial charge < -0.3 is 10.6 Å². The Kier molecular flexibility index (Phi) is 4.60. The van der Waals surface area contributed by atoms with Gasteiger partial charge in [0.15, 0.2) is 0 Å². The van der Waals surface area contributed by atoms with Crippen molar-refractivity contribution in [2.24, 2.45) is 0 Å². The first-order valence-electron chi connectivity index (χ1n) is 8.00. The van der Waals surface area contributed by atoms with E-state index in [1.165, 1.54) is 23.3 Å². The lowest BCUT2D eigenvalue weighted by Crippen LogP contribution is -2.38. The monoisotopic (exact) mass is 312 g/mol. The minimum Gasteiger partial charge on any atom is -0.338 e. The number of fused-ring (bicyclic) bond motifs is 1. The van der Waals surface area contributed by atoms with Crippen LogP contribution in [-0.4, -0.2) is 12.6 Å². The summed E-state index contributed by atoms with van der Waals surface area (Å²) in [5.74, 6) is -0.253. The summed E-state index contributed by atoms with van der Waals surface area (Å²) in [5.41, 5.74) is 4.45. The van der Waals surface area contributed by atoms with E-state index in [4.69, 9.17) is 0 Å². The van der Waals surface area contributed by atoms with Crippen molar-refractivity contribution in [3.63, 3.8) is 0 Å². The first kappa shape index (κ1) is 15.5. The Labute approximate surface area is 135 Å². The zero-order valence-electron chi connectivity index (χ0n) is 13.2. The van der Waals surface area contributed by atoms with Crippen LogP contribution >= 0.6 is 0 Å². The molecular formula is C19H21FN2O. The molecule has 2 N–H and O–H groups in total. The average molecular weight is 312 g/mol. The van der Waals surface area contributed by atoms with Crippen molar-refractivity contribution < 1.29 is 9.18 Å². The molecule has 4 heteroatoms. The van der Waals surface area contributed by atoms with Crippen LogP contribution in [0.1, 0.15) is 34.7 Å². The fraction of sp³-hybridized carbons (Fsp3) is 0.316. The Morgan fingerprint density at radius 1 is 1.22 bits per heavy atom. The lowest BCUT2D eigenvalue weighted by atomic mass is 10.1. The Balaban J connectivity index is 1.49. The molecule has 1 unspecified atom stereocenters. The van der Waals surface area contributed by atoms with Gasteiger partial charge in [0.1, 0.15) is 5.82 Å². The van der Waals surface area contributed by atoms with Crippen LogP contribution in [0.15, 0.2) is 42.5 Å². The van der Waals surface area contributed by atoms with Gasteiger partial charge in [-0.2, -0.15) is 0 Å². The molecule has 0 saturated carbocycles. The second kappa shape index (κ2) is 6.82. The number of hydrogen-bond acceptors (Lipinski definition) is 1. The zero-order chi connectivity index (χ0) is 16.2. The van der Waals surface area contributed by atoms with Crippen LogP contribution in [-0.2, 0) is 12.8 Å². The summed E-state index contributed by atoms with van der Waals surface area (Å²) in [6, 6.07) is 12.8. The van der Waals surface area contributed by atoms with Gasteiger partial charge >= 0.3 is 6.03 Å². The van der Waals surface area contributed by atoms with E-state index in [0.717, 1.165) is 30.4 Å². The van der Waals surface area contributed by atoms with Gasteiger partial charge in [0.25, 0.3) is 0 Å². The predicted octanol–water partition coefficient (Wildman–Crippen LogP) is 3.66.